The molecule has 1 radical (unpaired) electrons. The second-order valence-electron chi connectivity index (χ2n) is 2.24. The van der Waals surface area contributed by atoms with Crippen LogP contribution in [0.1, 0.15) is 5.56 Å². The number of fused-ring (bicyclic) bond motifs is 1. The minimum Gasteiger partial charge on any atom is -0.253 e. The van der Waals surface area contributed by atoms with Gasteiger partial charge in [-0.25, -0.2) is 4.39 Å². The lowest BCUT2D eigenvalue weighted by Gasteiger charge is -2.00. The van der Waals surface area contributed by atoms with Crippen molar-refractivity contribution in [2.75, 3.05) is 0 Å². The molecule has 0 aliphatic carbocycles. The van der Waals surface area contributed by atoms with Crippen LogP contribution in [0.5, 0.6) is 0 Å². The van der Waals surface area contributed by atoms with Crippen molar-refractivity contribution in [3.63, 3.8) is 0 Å². The molecule has 0 atom stereocenters. The summed E-state index contributed by atoms with van der Waals surface area (Å²) in [7, 11) is 0. The van der Waals surface area contributed by atoms with E-state index in [1.807, 2.05) is 6.07 Å². The molecule has 1 aromatic rings. The van der Waals surface area contributed by atoms with E-state index in [1.54, 1.807) is 18.3 Å². The van der Waals surface area contributed by atoms with Gasteiger partial charge in [-0.2, -0.15) is 0 Å². The van der Waals surface area contributed by atoms with Crippen molar-refractivity contribution >= 4 is 27.7 Å². The quantitative estimate of drug-likeness (QED) is 0.629. The molecule has 0 N–H and O–H groups in total. The lowest BCUT2D eigenvalue weighted by atomic mass is 10.2. The molecule has 1 aromatic carbocycles. The van der Waals surface area contributed by atoms with Crippen molar-refractivity contribution < 1.29 is 4.39 Å². The summed E-state index contributed by atoms with van der Waals surface area (Å²) in [5, 5.41) is 3.87. The molecule has 1 nitrogen and oxygen atoms in total. The summed E-state index contributed by atoms with van der Waals surface area (Å²) in [4.78, 5) is 0. The van der Waals surface area contributed by atoms with E-state index in [9.17, 15) is 4.39 Å². The summed E-state index contributed by atoms with van der Waals surface area (Å²) in [5.41, 5.74) is 1.27. The van der Waals surface area contributed by atoms with Gasteiger partial charge in [0.15, 0.2) is 5.82 Å². The van der Waals surface area contributed by atoms with Gasteiger partial charge in [-0.15, -0.1) is 0 Å². The number of rotatable bonds is 0. The first-order chi connectivity index (χ1) is 5.29. The molecule has 0 saturated heterocycles. The Morgan fingerprint density at radius 3 is 3.00 bits per heavy atom. The van der Waals surface area contributed by atoms with Crippen molar-refractivity contribution in [3.8, 4) is 0 Å². The maximum Gasteiger partial charge on any atom is 0.163 e. The van der Waals surface area contributed by atoms with E-state index < -0.39 is 0 Å². The molecule has 0 unspecified atom stereocenters. The number of halogens is 2. The maximum absolute atomic E-state index is 13.1. The highest BCUT2D eigenvalue weighted by Gasteiger charge is 2.13. The molecule has 0 bridgehead atoms. The van der Waals surface area contributed by atoms with Gasteiger partial charge in [0.25, 0.3) is 0 Å². The molecular formula is C8H4BrFN. The Hall–Kier alpha value is -0.830. The van der Waals surface area contributed by atoms with Gasteiger partial charge in [-0.3, -0.25) is 5.32 Å². The molecule has 55 valence electrons. The van der Waals surface area contributed by atoms with Crippen LogP contribution in [-0.2, 0) is 0 Å². The van der Waals surface area contributed by atoms with E-state index >= 15 is 0 Å². The Morgan fingerprint density at radius 2 is 2.18 bits per heavy atom. The highest BCUT2D eigenvalue weighted by atomic mass is 79.9. The first-order valence-corrected chi connectivity index (χ1v) is 3.94. The largest absolute Gasteiger partial charge is 0.253 e. The third kappa shape index (κ3) is 0.959. The molecule has 1 aliphatic rings. The summed E-state index contributed by atoms with van der Waals surface area (Å²) >= 11 is 3.09. The van der Waals surface area contributed by atoms with E-state index in [0.29, 0.717) is 10.2 Å². The predicted molar refractivity (Wildman–Crippen MR) is 44.9 cm³/mol. The molecule has 1 aliphatic heterocycles. The lowest BCUT2D eigenvalue weighted by molar-refractivity contribution is 0.618. The molecule has 0 spiro atoms. The van der Waals surface area contributed by atoms with Gasteiger partial charge in [0, 0.05) is 11.8 Å². The fourth-order valence-corrected chi connectivity index (χ4v) is 1.33. The van der Waals surface area contributed by atoms with Crippen LogP contribution in [0.2, 0.25) is 0 Å². The summed E-state index contributed by atoms with van der Waals surface area (Å²) in [6.07, 6.45) is 3.38. The number of hydrogen-bond acceptors (Lipinski definition) is 0. The number of benzene rings is 1. The molecule has 3 heteroatoms. The lowest BCUT2D eigenvalue weighted by Crippen LogP contribution is -1.88. The van der Waals surface area contributed by atoms with Crippen LogP contribution < -0.4 is 5.32 Å². The van der Waals surface area contributed by atoms with Crippen LogP contribution in [-0.4, -0.2) is 0 Å². The van der Waals surface area contributed by atoms with Crippen molar-refractivity contribution in [3.05, 3.63) is 34.2 Å². The van der Waals surface area contributed by atoms with Crippen LogP contribution in [0.25, 0.3) is 6.08 Å². The Balaban J connectivity index is 2.67. The van der Waals surface area contributed by atoms with Gasteiger partial charge in [0.2, 0.25) is 0 Å². The Morgan fingerprint density at radius 1 is 1.36 bits per heavy atom. The molecular weight excluding hydrogens is 209 g/mol. The standard InChI is InChI=1S/C8H4BrFN/c9-6-2-1-5-3-4-11-8(5)7(6)10/h1-4H. The first kappa shape index (κ1) is 6.85. The van der Waals surface area contributed by atoms with Gasteiger partial charge in [-0.05, 0) is 28.1 Å². The normalized spacial score (nSPS) is 12.9. The Bertz CT molecular complexity index is 333. The van der Waals surface area contributed by atoms with Gasteiger partial charge in [-0.1, -0.05) is 6.07 Å². The number of hydrogen-bond donors (Lipinski definition) is 0. The topological polar surface area (TPSA) is 14.1 Å². The summed E-state index contributed by atoms with van der Waals surface area (Å²) in [5.74, 6) is -0.285. The predicted octanol–water partition coefficient (Wildman–Crippen LogP) is 2.81. The van der Waals surface area contributed by atoms with E-state index in [2.05, 4.69) is 21.2 Å². The summed E-state index contributed by atoms with van der Waals surface area (Å²) in [6, 6.07) is 3.51. The molecule has 0 fully saturated rings. The van der Waals surface area contributed by atoms with E-state index in [4.69, 9.17) is 0 Å². The van der Waals surface area contributed by atoms with Crippen LogP contribution in [0.4, 0.5) is 10.1 Å². The zero-order chi connectivity index (χ0) is 7.84. The molecule has 0 saturated carbocycles. The number of nitrogens with zero attached hydrogens (tertiary/aromatic N) is 1. The maximum atomic E-state index is 13.1. The van der Waals surface area contributed by atoms with Crippen LogP contribution in [0.3, 0.4) is 0 Å². The molecule has 11 heavy (non-hydrogen) atoms. The zero-order valence-electron chi connectivity index (χ0n) is 5.51. The fraction of sp³-hybridized carbons (Fsp3) is 0. The first-order valence-electron chi connectivity index (χ1n) is 3.14. The van der Waals surface area contributed by atoms with Gasteiger partial charge < -0.3 is 0 Å². The summed E-state index contributed by atoms with van der Waals surface area (Å²) in [6.45, 7) is 0. The average Bonchev–Trinajstić information content (AvgIpc) is 2.45. The second-order valence-corrected chi connectivity index (χ2v) is 3.10. The highest BCUT2D eigenvalue weighted by Crippen LogP contribution is 2.30. The molecule has 1 heterocycles. The van der Waals surface area contributed by atoms with Crippen molar-refractivity contribution in [1.82, 2.24) is 5.32 Å². The van der Waals surface area contributed by atoms with Gasteiger partial charge in [0.1, 0.15) is 5.69 Å². The zero-order valence-corrected chi connectivity index (χ0v) is 7.10. The Labute approximate surface area is 72.0 Å². The van der Waals surface area contributed by atoms with E-state index in [1.165, 1.54) is 0 Å². The molecule has 0 amide bonds. The summed E-state index contributed by atoms with van der Waals surface area (Å²) < 4.78 is 13.6. The second kappa shape index (κ2) is 2.34. The van der Waals surface area contributed by atoms with Crippen molar-refractivity contribution in [2.45, 2.75) is 0 Å². The van der Waals surface area contributed by atoms with Crippen molar-refractivity contribution in [1.29, 1.82) is 0 Å². The Kier molecular flexibility index (Phi) is 1.46. The molecule has 0 aromatic heterocycles. The minimum absolute atomic E-state index is 0.285. The fourth-order valence-electron chi connectivity index (χ4n) is 1.01. The van der Waals surface area contributed by atoms with Gasteiger partial charge >= 0.3 is 0 Å². The van der Waals surface area contributed by atoms with Crippen molar-refractivity contribution in [2.24, 2.45) is 0 Å². The van der Waals surface area contributed by atoms with Crippen LogP contribution in [0, 0.1) is 5.82 Å². The van der Waals surface area contributed by atoms with Crippen LogP contribution in [0.15, 0.2) is 22.8 Å². The third-order valence-corrected chi connectivity index (χ3v) is 2.17. The molecule has 2 rings (SSSR count). The van der Waals surface area contributed by atoms with E-state index in [0.717, 1.165) is 5.56 Å². The van der Waals surface area contributed by atoms with Crippen LogP contribution >= 0.6 is 15.9 Å². The van der Waals surface area contributed by atoms with E-state index in [-0.39, 0.29) is 5.82 Å². The third-order valence-electron chi connectivity index (χ3n) is 1.56. The monoisotopic (exact) mass is 212 g/mol. The minimum atomic E-state index is -0.285. The average molecular weight is 213 g/mol. The smallest absolute Gasteiger partial charge is 0.163 e. The highest BCUT2D eigenvalue weighted by molar-refractivity contribution is 9.10. The van der Waals surface area contributed by atoms with Gasteiger partial charge in [0.05, 0.1) is 4.47 Å². The SMILES string of the molecule is Fc1c(Br)ccc2c1[N]C=C2.